The Labute approximate surface area is 153 Å². The normalized spacial score (nSPS) is 13.6. The van der Waals surface area contributed by atoms with Crippen LogP contribution in [-0.2, 0) is 17.8 Å². The molecular formula is C20H23N3O3. The van der Waals surface area contributed by atoms with Gasteiger partial charge in [0.15, 0.2) is 0 Å². The predicted octanol–water partition coefficient (Wildman–Crippen LogP) is 2.55. The third-order valence-electron chi connectivity index (χ3n) is 4.24. The quantitative estimate of drug-likeness (QED) is 0.838. The Morgan fingerprint density at radius 2 is 1.58 bits per heavy atom. The lowest BCUT2D eigenvalue weighted by Crippen LogP contribution is -2.63. The maximum Gasteiger partial charge on any atom is 0.407 e. The lowest BCUT2D eigenvalue weighted by atomic mass is 10.1. The van der Waals surface area contributed by atoms with E-state index in [9.17, 15) is 9.59 Å². The molecule has 1 saturated heterocycles. The van der Waals surface area contributed by atoms with Crippen LogP contribution in [-0.4, -0.2) is 42.7 Å². The van der Waals surface area contributed by atoms with Crippen molar-refractivity contribution in [2.24, 2.45) is 0 Å². The molecule has 0 atom stereocenters. The monoisotopic (exact) mass is 353 g/mol. The van der Waals surface area contributed by atoms with Gasteiger partial charge in [-0.25, -0.2) is 9.59 Å². The van der Waals surface area contributed by atoms with Crippen molar-refractivity contribution in [2.45, 2.75) is 19.1 Å². The van der Waals surface area contributed by atoms with Crippen molar-refractivity contribution < 1.29 is 14.3 Å². The molecule has 3 amide bonds. The largest absolute Gasteiger partial charge is 0.445 e. The van der Waals surface area contributed by atoms with E-state index in [0.29, 0.717) is 19.6 Å². The summed E-state index contributed by atoms with van der Waals surface area (Å²) < 4.78 is 5.17. The molecule has 0 spiro atoms. The van der Waals surface area contributed by atoms with Gasteiger partial charge in [-0.3, -0.25) is 0 Å². The topological polar surface area (TPSA) is 70.7 Å². The molecule has 136 valence electrons. The van der Waals surface area contributed by atoms with Gasteiger partial charge in [-0.15, -0.1) is 0 Å². The third-order valence-corrected chi connectivity index (χ3v) is 4.24. The van der Waals surface area contributed by atoms with Crippen LogP contribution in [0.15, 0.2) is 60.7 Å². The Hall–Kier alpha value is -3.02. The number of urea groups is 1. The van der Waals surface area contributed by atoms with Crippen molar-refractivity contribution >= 4 is 12.1 Å². The number of benzene rings is 2. The summed E-state index contributed by atoms with van der Waals surface area (Å²) in [4.78, 5) is 25.5. The average Bonchev–Trinajstić information content (AvgIpc) is 2.64. The van der Waals surface area contributed by atoms with E-state index in [4.69, 9.17) is 4.74 Å². The highest BCUT2D eigenvalue weighted by Crippen LogP contribution is 2.09. The molecule has 2 N–H and O–H groups in total. The second kappa shape index (κ2) is 8.89. The molecule has 0 saturated carbocycles. The van der Waals surface area contributed by atoms with Crippen molar-refractivity contribution in [3.05, 3.63) is 71.8 Å². The summed E-state index contributed by atoms with van der Waals surface area (Å²) in [7, 11) is 0. The molecule has 6 heteroatoms. The van der Waals surface area contributed by atoms with Gasteiger partial charge in [-0.1, -0.05) is 60.7 Å². The van der Waals surface area contributed by atoms with E-state index in [0.717, 1.165) is 12.0 Å². The minimum atomic E-state index is -0.456. The molecule has 0 unspecified atom stereocenters. The zero-order chi connectivity index (χ0) is 18.2. The first-order chi connectivity index (χ1) is 12.7. The van der Waals surface area contributed by atoms with Crippen molar-refractivity contribution in [3.8, 4) is 0 Å². The highest BCUT2D eigenvalue weighted by atomic mass is 16.5. The van der Waals surface area contributed by atoms with Gasteiger partial charge in [0, 0.05) is 19.6 Å². The van der Waals surface area contributed by atoms with Crippen LogP contribution >= 0.6 is 0 Å². The summed E-state index contributed by atoms with van der Waals surface area (Å²) in [6.07, 6.45) is 0.344. The molecule has 0 aliphatic carbocycles. The fourth-order valence-corrected chi connectivity index (χ4v) is 2.74. The van der Waals surface area contributed by atoms with Crippen molar-refractivity contribution in [3.63, 3.8) is 0 Å². The molecule has 3 rings (SSSR count). The number of likely N-dealkylation sites (tertiary alicyclic amines) is 1. The Morgan fingerprint density at radius 3 is 2.23 bits per heavy atom. The van der Waals surface area contributed by atoms with E-state index in [1.54, 1.807) is 4.90 Å². The highest BCUT2D eigenvalue weighted by molar-refractivity contribution is 5.76. The van der Waals surface area contributed by atoms with Crippen molar-refractivity contribution in [1.29, 1.82) is 0 Å². The van der Waals surface area contributed by atoms with Gasteiger partial charge in [-0.2, -0.15) is 0 Å². The van der Waals surface area contributed by atoms with E-state index in [1.807, 2.05) is 60.7 Å². The van der Waals surface area contributed by atoms with Crippen LogP contribution in [0.2, 0.25) is 0 Å². The minimum absolute atomic E-state index is 0.0573. The molecule has 26 heavy (non-hydrogen) atoms. The Balaban J connectivity index is 1.28. The molecule has 2 aromatic rings. The van der Waals surface area contributed by atoms with E-state index < -0.39 is 6.09 Å². The number of ether oxygens (including phenoxy) is 1. The Kier molecular flexibility index (Phi) is 6.09. The number of nitrogens with one attached hydrogen (secondary N) is 2. The lowest BCUT2D eigenvalue weighted by molar-refractivity contribution is 0.108. The first-order valence-corrected chi connectivity index (χ1v) is 8.74. The Bertz CT molecular complexity index is 716. The van der Waals surface area contributed by atoms with Gasteiger partial charge < -0.3 is 20.3 Å². The molecule has 1 aliphatic rings. The van der Waals surface area contributed by atoms with Crippen LogP contribution in [0.25, 0.3) is 0 Å². The number of alkyl carbamates (subject to hydrolysis) is 1. The fourth-order valence-electron chi connectivity index (χ4n) is 2.74. The van der Waals surface area contributed by atoms with Gasteiger partial charge in [0.1, 0.15) is 6.61 Å². The fraction of sp³-hybridized carbons (Fsp3) is 0.300. The molecule has 6 nitrogen and oxygen atoms in total. The summed E-state index contributed by atoms with van der Waals surface area (Å²) in [5.74, 6) is 0. The van der Waals surface area contributed by atoms with Gasteiger partial charge in [0.05, 0.1) is 6.04 Å². The minimum Gasteiger partial charge on any atom is -0.445 e. The zero-order valence-electron chi connectivity index (χ0n) is 14.6. The molecule has 1 heterocycles. The Morgan fingerprint density at radius 1 is 0.962 bits per heavy atom. The number of hydrogen-bond acceptors (Lipinski definition) is 3. The van der Waals surface area contributed by atoms with Gasteiger partial charge in [0.25, 0.3) is 0 Å². The number of rotatable bonds is 6. The van der Waals surface area contributed by atoms with Crippen LogP contribution in [0.5, 0.6) is 0 Å². The van der Waals surface area contributed by atoms with Gasteiger partial charge >= 0.3 is 12.1 Å². The van der Waals surface area contributed by atoms with Crippen LogP contribution in [0.3, 0.4) is 0 Å². The molecule has 1 fully saturated rings. The van der Waals surface area contributed by atoms with Crippen LogP contribution in [0.4, 0.5) is 9.59 Å². The third kappa shape index (κ3) is 5.24. The second-order valence-corrected chi connectivity index (χ2v) is 6.28. The summed E-state index contributed by atoms with van der Waals surface area (Å²) >= 11 is 0. The maximum absolute atomic E-state index is 12.0. The molecule has 0 bridgehead atoms. The van der Waals surface area contributed by atoms with Crippen LogP contribution in [0.1, 0.15) is 11.1 Å². The molecule has 0 aromatic heterocycles. The van der Waals surface area contributed by atoms with E-state index in [2.05, 4.69) is 10.6 Å². The number of hydrogen-bond donors (Lipinski definition) is 2. The highest BCUT2D eigenvalue weighted by Gasteiger charge is 2.31. The molecule has 0 radical (unpaired) electrons. The van der Waals surface area contributed by atoms with Crippen molar-refractivity contribution in [1.82, 2.24) is 15.5 Å². The summed E-state index contributed by atoms with van der Waals surface area (Å²) in [6, 6.07) is 19.4. The molecular weight excluding hydrogens is 330 g/mol. The number of carbonyl (C=O) groups excluding carboxylic acids is 2. The summed E-state index contributed by atoms with van der Waals surface area (Å²) in [6.45, 7) is 1.83. The van der Waals surface area contributed by atoms with E-state index >= 15 is 0 Å². The summed E-state index contributed by atoms with van der Waals surface area (Å²) in [5.41, 5.74) is 2.13. The smallest absolute Gasteiger partial charge is 0.407 e. The number of nitrogens with zero attached hydrogens (tertiary/aromatic N) is 1. The summed E-state index contributed by atoms with van der Waals surface area (Å²) in [5, 5.41) is 5.67. The van der Waals surface area contributed by atoms with Crippen LogP contribution < -0.4 is 10.6 Å². The molecule has 2 aromatic carbocycles. The van der Waals surface area contributed by atoms with Crippen LogP contribution in [0, 0.1) is 0 Å². The maximum atomic E-state index is 12.0. The standard InChI is InChI=1S/C20H23N3O3/c24-19(21-12-11-16-7-3-1-4-8-16)23-13-18(14-23)22-20(25)26-15-17-9-5-2-6-10-17/h1-10,18H,11-15H2,(H,21,24)(H,22,25). The van der Waals surface area contributed by atoms with Crippen molar-refractivity contribution in [2.75, 3.05) is 19.6 Å². The SMILES string of the molecule is O=C(NC1CN(C(=O)NCCc2ccccc2)C1)OCc1ccccc1. The van der Waals surface area contributed by atoms with E-state index in [-0.39, 0.29) is 18.7 Å². The zero-order valence-corrected chi connectivity index (χ0v) is 14.6. The average molecular weight is 353 g/mol. The first kappa shape index (κ1) is 17.8. The molecule has 1 aliphatic heterocycles. The second-order valence-electron chi connectivity index (χ2n) is 6.28. The number of amides is 3. The van der Waals surface area contributed by atoms with Gasteiger partial charge in [-0.05, 0) is 17.5 Å². The van der Waals surface area contributed by atoms with Gasteiger partial charge in [0.2, 0.25) is 0 Å². The number of carbonyl (C=O) groups is 2. The first-order valence-electron chi connectivity index (χ1n) is 8.74. The van der Waals surface area contributed by atoms with E-state index in [1.165, 1.54) is 5.56 Å². The lowest BCUT2D eigenvalue weighted by Gasteiger charge is -2.39. The predicted molar refractivity (Wildman–Crippen MR) is 98.7 cm³/mol.